The Labute approximate surface area is 95.1 Å². The molecule has 0 aliphatic heterocycles. The molecule has 0 radical (unpaired) electrons. The average molecular weight is 216 g/mol. The molecule has 0 aliphatic carbocycles. The van der Waals surface area contributed by atoms with Crippen LogP contribution in [0, 0.1) is 5.92 Å². The van der Waals surface area contributed by atoms with Gasteiger partial charge in [-0.2, -0.15) is 0 Å². The standard InChI is InChI=1S/C12H28N2O/c1-6-11(2)12(15)10-14(5)9-7-8-13(3)4/h11-12,15H,6-10H2,1-5H3. The molecule has 0 aromatic rings. The fourth-order valence-electron chi connectivity index (χ4n) is 1.52. The van der Waals surface area contributed by atoms with Crippen molar-refractivity contribution < 1.29 is 5.11 Å². The van der Waals surface area contributed by atoms with Gasteiger partial charge in [0.1, 0.15) is 0 Å². The second-order valence-electron chi connectivity index (χ2n) is 4.87. The van der Waals surface area contributed by atoms with Crippen LogP contribution in [-0.4, -0.2) is 61.8 Å². The van der Waals surface area contributed by atoms with Crippen molar-refractivity contribution >= 4 is 0 Å². The zero-order valence-electron chi connectivity index (χ0n) is 11.0. The van der Waals surface area contributed by atoms with Crippen molar-refractivity contribution in [1.82, 2.24) is 9.80 Å². The minimum atomic E-state index is -0.181. The molecule has 3 heteroatoms. The van der Waals surface area contributed by atoms with Crippen molar-refractivity contribution in [2.24, 2.45) is 5.92 Å². The third-order valence-corrected chi connectivity index (χ3v) is 2.94. The van der Waals surface area contributed by atoms with Gasteiger partial charge in [-0.1, -0.05) is 20.3 Å². The SMILES string of the molecule is CCC(C)C(O)CN(C)CCCN(C)C. The largest absolute Gasteiger partial charge is 0.392 e. The number of hydrogen-bond donors (Lipinski definition) is 1. The van der Waals surface area contributed by atoms with Crippen molar-refractivity contribution in [2.75, 3.05) is 40.8 Å². The van der Waals surface area contributed by atoms with E-state index in [0.717, 1.165) is 32.5 Å². The molecule has 0 bridgehead atoms. The van der Waals surface area contributed by atoms with Crippen molar-refractivity contribution in [3.8, 4) is 0 Å². The van der Waals surface area contributed by atoms with E-state index in [4.69, 9.17) is 0 Å². The molecule has 92 valence electrons. The molecule has 15 heavy (non-hydrogen) atoms. The second kappa shape index (κ2) is 8.08. The second-order valence-corrected chi connectivity index (χ2v) is 4.87. The Balaban J connectivity index is 3.59. The van der Waals surface area contributed by atoms with Crippen LogP contribution in [0.4, 0.5) is 0 Å². The summed E-state index contributed by atoms with van der Waals surface area (Å²) in [5, 5.41) is 9.84. The van der Waals surface area contributed by atoms with Crippen LogP contribution in [0.25, 0.3) is 0 Å². The Morgan fingerprint density at radius 1 is 1.13 bits per heavy atom. The van der Waals surface area contributed by atoms with Gasteiger partial charge in [0.25, 0.3) is 0 Å². The van der Waals surface area contributed by atoms with Crippen molar-refractivity contribution in [3.63, 3.8) is 0 Å². The molecular weight excluding hydrogens is 188 g/mol. The lowest BCUT2D eigenvalue weighted by Crippen LogP contribution is -2.34. The number of aliphatic hydroxyl groups is 1. The van der Waals surface area contributed by atoms with E-state index in [1.165, 1.54) is 0 Å². The van der Waals surface area contributed by atoms with Gasteiger partial charge in [0, 0.05) is 6.54 Å². The van der Waals surface area contributed by atoms with Crippen LogP contribution in [0.1, 0.15) is 26.7 Å². The van der Waals surface area contributed by atoms with Gasteiger partial charge in [0.05, 0.1) is 6.10 Å². The number of nitrogens with zero attached hydrogens (tertiary/aromatic N) is 2. The molecule has 0 amide bonds. The predicted molar refractivity (Wildman–Crippen MR) is 66.1 cm³/mol. The van der Waals surface area contributed by atoms with Gasteiger partial charge < -0.3 is 14.9 Å². The maximum Gasteiger partial charge on any atom is 0.0692 e. The van der Waals surface area contributed by atoms with Gasteiger partial charge in [-0.15, -0.1) is 0 Å². The van der Waals surface area contributed by atoms with Crippen LogP contribution in [0.5, 0.6) is 0 Å². The van der Waals surface area contributed by atoms with Gasteiger partial charge in [0.15, 0.2) is 0 Å². The van der Waals surface area contributed by atoms with Gasteiger partial charge in [0.2, 0.25) is 0 Å². The van der Waals surface area contributed by atoms with Crippen LogP contribution in [0.2, 0.25) is 0 Å². The van der Waals surface area contributed by atoms with E-state index in [-0.39, 0.29) is 6.10 Å². The highest BCUT2D eigenvalue weighted by Gasteiger charge is 2.13. The van der Waals surface area contributed by atoms with Crippen LogP contribution < -0.4 is 0 Å². The van der Waals surface area contributed by atoms with Crippen LogP contribution in [-0.2, 0) is 0 Å². The Hall–Kier alpha value is -0.120. The summed E-state index contributed by atoms with van der Waals surface area (Å²) in [7, 11) is 6.27. The molecule has 2 unspecified atom stereocenters. The summed E-state index contributed by atoms with van der Waals surface area (Å²) in [6.07, 6.45) is 2.03. The normalized spacial score (nSPS) is 16.0. The summed E-state index contributed by atoms with van der Waals surface area (Å²) in [4.78, 5) is 4.42. The molecule has 0 saturated carbocycles. The van der Waals surface area contributed by atoms with Crippen molar-refractivity contribution in [1.29, 1.82) is 0 Å². The maximum atomic E-state index is 9.84. The van der Waals surface area contributed by atoms with Crippen LogP contribution in [0.3, 0.4) is 0 Å². The third-order valence-electron chi connectivity index (χ3n) is 2.94. The highest BCUT2D eigenvalue weighted by Crippen LogP contribution is 2.08. The lowest BCUT2D eigenvalue weighted by molar-refractivity contribution is 0.0767. The van der Waals surface area contributed by atoms with Gasteiger partial charge in [-0.3, -0.25) is 0 Å². The molecule has 0 aromatic heterocycles. The van der Waals surface area contributed by atoms with E-state index in [9.17, 15) is 5.11 Å². The Morgan fingerprint density at radius 3 is 2.20 bits per heavy atom. The quantitative estimate of drug-likeness (QED) is 0.662. The highest BCUT2D eigenvalue weighted by molar-refractivity contribution is 4.67. The first kappa shape index (κ1) is 14.9. The minimum Gasteiger partial charge on any atom is -0.392 e. The van der Waals surface area contributed by atoms with E-state index < -0.39 is 0 Å². The minimum absolute atomic E-state index is 0.181. The Kier molecular flexibility index (Phi) is 8.02. The first-order chi connectivity index (χ1) is 6.97. The van der Waals surface area contributed by atoms with E-state index in [2.05, 4.69) is 44.8 Å². The predicted octanol–water partition coefficient (Wildman–Crippen LogP) is 1.28. The number of aliphatic hydroxyl groups excluding tert-OH is 1. The highest BCUT2D eigenvalue weighted by atomic mass is 16.3. The van der Waals surface area contributed by atoms with E-state index in [0.29, 0.717) is 5.92 Å². The Morgan fingerprint density at radius 2 is 1.73 bits per heavy atom. The molecule has 3 nitrogen and oxygen atoms in total. The van der Waals surface area contributed by atoms with Gasteiger partial charge in [-0.25, -0.2) is 0 Å². The summed E-state index contributed by atoms with van der Waals surface area (Å²) in [6, 6.07) is 0. The average Bonchev–Trinajstić information content (AvgIpc) is 2.15. The molecule has 0 aromatic carbocycles. The van der Waals surface area contributed by atoms with E-state index >= 15 is 0 Å². The topological polar surface area (TPSA) is 26.7 Å². The monoisotopic (exact) mass is 216 g/mol. The smallest absolute Gasteiger partial charge is 0.0692 e. The van der Waals surface area contributed by atoms with Gasteiger partial charge >= 0.3 is 0 Å². The molecule has 0 spiro atoms. The Bertz CT molecular complexity index is 151. The van der Waals surface area contributed by atoms with Crippen LogP contribution >= 0.6 is 0 Å². The maximum absolute atomic E-state index is 9.84. The molecule has 0 heterocycles. The lowest BCUT2D eigenvalue weighted by atomic mass is 10.0. The first-order valence-corrected chi connectivity index (χ1v) is 5.98. The number of rotatable bonds is 8. The van der Waals surface area contributed by atoms with Crippen molar-refractivity contribution in [2.45, 2.75) is 32.8 Å². The molecule has 2 atom stereocenters. The first-order valence-electron chi connectivity index (χ1n) is 5.98. The zero-order valence-corrected chi connectivity index (χ0v) is 11.0. The lowest BCUT2D eigenvalue weighted by Gasteiger charge is -2.24. The van der Waals surface area contributed by atoms with Gasteiger partial charge in [-0.05, 0) is 46.6 Å². The fourth-order valence-corrected chi connectivity index (χ4v) is 1.52. The summed E-state index contributed by atoms with van der Waals surface area (Å²) in [5.41, 5.74) is 0. The fraction of sp³-hybridized carbons (Fsp3) is 1.00. The molecule has 0 aliphatic rings. The third kappa shape index (κ3) is 7.77. The molecular formula is C12H28N2O. The molecule has 0 fully saturated rings. The van der Waals surface area contributed by atoms with Crippen LogP contribution in [0.15, 0.2) is 0 Å². The van der Waals surface area contributed by atoms with Crippen molar-refractivity contribution in [3.05, 3.63) is 0 Å². The van der Waals surface area contributed by atoms with E-state index in [1.54, 1.807) is 0 Å². The molecule has 0 saturated heterocycles. The summed E-state index contributed by atoms with van der Waals surface area (Å²) in [6.45, 7) is 7.20. The summed E-state index contributed by atoms with van der Waals surface area (Å²) < 4.78 is 0. The number of likely N-dealkylation sites (N-methyl/N-ethyl adjacent to an activating group) is 1. The zero-order chi connectivity index (χ0) is 11.8. The van der Waals surface area contributed by atoms with E-state index in [1.807, 2.05) is 0 Å². The molecule has 0 rings (SSSR count). The molecule has 1 N–H and O–H groups in total. The summed E-state index contributed by atoms with van der Waals surface area (Å²) in [5.74, 6) is 0.404. The number of hydrogen-bond acceptors (Lipinski definition) is 3. The summed E-state index contributed by atoms with van der Waals surface area (Å²) >= 11 is 0.